The van der Waals surface area contributed by atoms with Gasteiger partial charge in [-0.15, -0.1) is 0 Å². The maximum atomic E-state index is 12.9. The summed E-state index contributed by atoms with van der Waals surface area (Å²) in [5.74, 6) is 1.03. The van der Waals surface area contributed by atoms with Crippen LogP contribution in [0.15, 0.2) is 95.1 Å². The lowest BCUT2D eigenvalue weighted by Crippen LogP contribution is -2.37. The van der Waals surface area contributed by atoms with Crippen LogP contribution in [0.1, 0.15) is 60.2 Å². The summed E-state index contributed by atoms with van der Waals surface area (Å²) in [6.45, 7) is 7.43. The van der Waals surface area contributed by atoms with Crippen molar-refractivity contribution in [3.05, 3.63) is 123 Å². The Morgan fingerprint density at radius 3 is 2.44 bits per heavy atom. The Kier molecular flexibility index (Phi) is 12.4. The molecule has 0 spiro atoms. The van der Waals surface area contributed by atoms with Crippen molar-refractivity contribution in [2.24, 2.45) is 10.2 Å². The van der Waals surface area contributed by atoms with E-state index in [0.29, 0.717) is 19.5 Å². The molecule has 7 nitrogen and oxygen atoms in total. The number of halogens is 1. The number of hydrogen-bond donors (Lipinski definition) is 0. The lowest BCUT2D eigenvalue weighted by molar-refractivity contribution is -0.130. The van der Waals surface area contributed by atoms with Gasteiger partial charge in [0.05, 0.1) is 24.9 Å². The van der Waals surface area contributed by atoms with Gasteiger partial charge in [0.1, 0.15) is 5.75 Å². The molecule has 1 saturated heterocycles. The molecule has 0 radical (unpaired) electrons. The number of benzene rings is 2. The van der Waals surface area contributed by atoms with E-state index < -0.39 is 0 Å². The summed E-state index contributed by atoms with van der Waals surface area (Å²) in [6, 6.07) is 19.8. The third kappa shape index (κ3) is 8.43. The Hall–Kier alpha value is -4.36. The second kappa shape index (κ2) is 16.6. The van der Waals surface area contributed by atoms with Gasteiger partial charge in [0.25, 0.3) is 0 Å². The van der Waals surface area contributed by atoms with Crippen LogP contribution in [0.2, 0.25) is 5.02 Å². The fraction of sp³-hybridized carbons (Fsp3) is 0.324. The smallest absolute Gasteiger partial charge is 0.227 e. The predicted octanol–water partition coefficient (Wildman–Crippen LogP) is 8.64. The summed E-state index contributed by atoms with van der Waals surface area (Å²) in [7, 11) is 3.39. The van der Waals surface area contributed by atoms with E-state index in [0.717, 1.165) is 64.5 Å². The number of fused-ring (bicyclic) bond motifs is 2. The molecule has 2 aromatic heterocycles. The van der Waals surface area contributed by atoms with Gasteiger partial charge in [0, 0.05) is 54.9 Å². The minimum Gasteiger partial charge on any atom is -0.496 e. The van der Waals surface area contributed by atoms with Crippen LogP contribution in [0.25, 0.3) is 5.57 Å². The number of aromatic nitrogens is 2. The zero-order chi connectivity index (χ0) is 32.2. The maximum Gasteiger partial charge on any atom is 0.227 e. The number of methoxy groups -OCH3 is 1. The van der Waals surface area contributed by atoms with E-state index in [-0.39, 0.29) is 5.91 Å². The standard InChI is InChI=1S/C27H26ClN3O2.C8H10N2.C2H6/c1-33-24-8-12-30-27-23(24)6-4-20-16-21(28)5-7-22(20)26(27)19-9-13-31(14-10-19)25(32)15-18-3-2-11-29-17-18;1-7-5-3-4-6-8(7)10-9-2;1-2/h2-3,5,7-8,11-12,16-17H,4,6,9-10,13-15H2,1H3;3-6H,1-2H3;1-2H3. The minimum atomic E-state index is 0.153. The van der Waals surface area contributed by atoms with Crippen molar-refractivity contribution in [3.8, 4) is 5.75 Å². The van der Waals surface area contributed by atoms with Crippen LogP contribution in [0.3, 0.4) is 0 Å². The van der Waals surface area contributed by atoms with Crippen molar-refractivity contribution >= 4 is 28.8 Å². The monoisotopic (exact) mass is 623 g/mol. The molecule has 0 unspecified atom stereocenters. The highest BCUT2D eigenvalue weighted by atomic mass is 35.5. The first-order chi connectivity index (χ1) is 22.0. The van der Waals surface area contributed by atoms with Crippen molar-refractivity contribution in [2.75, 3.05) is 27.2 Å². The first-order valence-corrected chi connectivity index (χ1v) is 15.9. The second-order valence-electron chi connectivity index (χ2n) is 10.6. The maximum absolute atomic E-state index is 12.9. The van der Waals surface area contributed by atoms with Gasteiger partial charge in [-0.2, -0.15) is 10.2 Å². The van der Waals surface area contributed by atoms with E-state index in [2.05, 4.69) is 27.3 Å². The summed E-state index contributed by atoms with van der Waals surface area (Å²) >= 11 is 6.35. The number of pyridine rings is 2. The van der Waals surface area contributed by atoms with E-state index in [1.807, 2.05) is 80.4 Å². The number of ether oxygens (including phenoxy) is 1. The third-order valence-corrected chi connectivity index (χ3v) is 8.16. The van der Waals surface area contributed by atoms with Crippen molar-refractivity contribution < 1.29 is 9.53 Å². The molecular formula is C37H42ClN5O2. The fourth-order valence-corrected chi connectivity index (χ4v) is 5.92. The van der Waals surface area contributed by atoms with Crippen molar-refractivity contribution in [1.82, 2.24) is 14.9 Å². The molecule has 0 atom stereocenters. The average Bonchev–Trinajstić information content (AvgIpc) is 3.24. The number of nitrogens with zero attached hydrogens (tertiary/aromatic N) is 5. The molecular weight excluding hydrogens is 582 g/mol. The van der Waals surface area contributed by atoms with Crippen LogP contribution in [0, 0.1) is 6.92 Å². The van der Waals surface area contributed by atoms with Crippen LogP contribution < -0.4 is 4.74 Å². The Morgan fingerprint density at radius 2 is 1.76 bits per heavy atom. The van der Waals surface area contributed by atoms with Gasteiger partial charge in [-0.1, -0.05) is 61.4 Å². The predicted molar refractivity (Wildman–Crippen MR) is 182 cm³/mol. The van der Waals surface area contributed by atoms with Crippen molar-refractivity contribution in [1.29, 1.82) is 0 Å². The molecule has 8 heteroatoms. The molecule has 1 aliphatic carbocycles. The summed E-state index contributed by atoms with van der Waals surface area (Å²) in [6.07, 6.45) is 9.10. The highest BCUT2D eigenvalue weighted by Gasteiger charge is 2.28. The lowest BCUT2D eigenvalue weighted by atomic mass is 9.88. The zero-order valence-electron chi connectivity index (χ0n) is 26.9. The number of piperidine rings is 1. The fourth-order valence-electron chi connectivity index (χ4n) is 5.73. The SMILES string of the molecule is CC.CN=Nc1ccccc1C.COc1ccnc2c1CCc1cc(Cl)ccc1C2=C1CCN(C(=O)Cc2cccnc2)CC1. The molecule has 4 aromatic rings. The van der Waals surface area contributed by atoms with E-state index in [1.54, 1.807) is 26.6 Å². The molecule has 2 aliphatic rings. The molecule has 45 heavy (non-hydrogen) atoms. The van der Waals surface area contributed by atoms with E-state index in [4.69, 9.17) is 21.3 Å². The Morgan fingerprint density at radius 1 is 0.978 bits per heavy atom. The largest absolute Gasteiger partial charge is 0.496 e. The minimum absolute atomic E-state index is 0.153. The first kappa shape index (κ1) is 33.5. The van der Waals surface area contributed by atoms with Gasteiger partial charge in [-0.05, 0) is 85.2 Å². The molecule has 0 N–H and O–H groups in total. The van der Waals surface area contributed by atoms with E-state index in [1.165, 1.54) is 22.3 Å². The summed E-state index contributed by atoms with van der Waals surface area (Å²) in [5.41, 5.74) is 10.2. The first-order valence-electron chi connectivity index (χ1n) is 15.5. The van der Waals surface area contributed by atoms with Crippen molar-refractivity contribution in [3.63, 3.8) is 0 Å². The summed E-state index contributed by atoms with van der Waals surface area (Å²) in [5, 5.41) is 8.37. The van der Waals surface area contributed by atoms with Gasteiger partial charge in [0.2, 0.25) is 5.91 Å². The van der Waals surface area contributed by atoms with Crippen LogP contribution in [-0.2, 0) is 24.1 Å². The van der Waals surface area contributed by atoms with Gasteiger partial charge in [-0.25, -0.2) is 0 Å². The molecule has 234 valence electrons. The van der Waals surface area contributed by atoms with Gasteiger partial charge >= 0.3 is 0 Å². The number of azo groups is 1. The number of hydrogen-bond acceptors (Lipinski definition) is 6. The molecule has 0 bridgehead atoms. The van der Waals surface area contributed by atoms with E-state index in [9.17, 15) is 4.79 Å². The van der Waals surface area contributed by atoms with Gasteiger partial charge < -0.3 is 9.64 Å². The normalized spacial score (nSPS) is 13.9. The second-order valence-corrected chi connectivity index (χ2v) is 11.1. The number of carbonyl (C=O) groups excluding carboxylic acids is 1. The van der Waals surface area contributed by atoms with Crippen molar-refractivity contribution in [2.45, 2.75) is 52.9 Å². The van der Waals surface area contributed by atoms with Gasteiger partial charge in [-0.3, -0.25) is 14.8 Å². The van der Waals surface area contributed by atoms with Crippen LogP contribution in [0.4, 0.5) is 5.69 Å². The molecule has 3 heterocycles. The highest BCUT2D eigenvalue weighted by molar-refractivity contribution is 6.30. The molecule has 2 aromatic carbocycles. The Labute approximate surface area is 272 Å². The molecule has 1 amide bonds. The quantitative estimate of drug-likeness (QED) is 0.213. The van der Waals surface area contributed by atoms with Gasteiger partial charge in [0.15, 0.2) is 0 Å². The number of aryl methyl sites for hydroxylation is 2. The van der Waals surface area contributed by atoms with Crippen LogP contribution in [0.5, 0.6) is 5.75 Å². The topological polar surface area (TPSA) is 80.0 Å². The molecule has 1 aliphatic heterocycles. The summed E-state index contributed by atoms with van der Waals surface area (Å²) in [4.78, 5) is 23.8. The number of likely N-dealkylation sites (tertiary alicyclic amines) is 1. The number of rotatable bonds is 4. The lowest BCUT2D eigenvalue weighted by Gasteiger charge is -2.30. The van der Waals surface area contributed by atoms with Crippen LogP contribution in [-0.4, -0.2) is 48.0 Å². The number of carbonyl (C=O) groups is 1. The van der Waals surface area contributed by atoms with Crippen LogP contribution >= 0.6 is 11.6 Å². The molecule has 0 saturated carbocycles. The molecule has 6 rings (SSSR count). The summed E-state index contributed by atoms with van der Waals surface area (Å²) < 4.78 is 5.68. The van der Waals surface area contributed by atoms with E-state index >= 15 is 0 Å². The highest BCUT2D eigenvalue weighted by Crippen LogP contribution is 2.40. The molecule has 1 fully saturated rings. The third-order valence-electron chi connectivity index (χ3n) is 7.93. The zero-order valence-corrected chi connectivity index (χ0v) is 27.6. The number of amides is 1. The Bertz CT molecular complexity index is 1640. The Balaban J connectivity index is 0.000000326. The average molecular weight is 624 g/mol.